The van der Waals surface area contributed by atoms with Gasteiger partial charge in [0.15, 0.2) is 0 Å². The van der Waals surface area contributed by atoms with E-state index in [1.807, 2.05) is 11.8 Å². The van der Waals surface area contributed by atoms with Gasteiger partial charge in [-0.1, -0.05) is 0 Å². The first-order valence-electron chi connectivity index (χ1n) is 7.02. The zero-order valence-corrected chi connectivity index (χ0v) is 12.1. The van der Waals surface area contributed by atoms with Crippen LogP contribution in [-0.4, -0.2) is 41.6 Å². The molecule has 0 N–H and O–H groups in total. The molecule has 1 aliphatic heterocycles. The van der Waals surface area contributed by atoms with Crippen molar-refractivity contribution in [3.8, 4) is 0 Å². The molecule has 2 aromatic rings. The van der Waals surface area contributed by atoms with Crippen molar-refractivity contribution in [3.63, 3.8) is 0 Å². The van der Waals surface area contributed by atoms with Crippen LogP contribution in [-0.2, 0) is 4.74 Å². The molecule has 1 atom stereocenters. The second-order valence-corrected chi connectivity index (χ2v) is 5.38. The van der Waals surface area contributed by atoms with Crippen molar-refractivity contribution in [1.82, 2.24) is 9.88 Å². The summed E-state index contributed by atoms with van der Waals surface area (Å²) < 4.78 is 18.6. The Kier molecular flexibility index (Phi) is 3.59. The lowest BCUT2D eigenvalue weighted by atomic mass is 10.1. The van der Waals surface area contributed by atoms with Gasteiger partial charge in [0, 0.05) is 18.0 Å². The van der Waals surface area contributed by atoms with Crippen LogP contribution in [0.1, 0.15) is 23.0 Å². The quantitative estimate of drug-likeness (QED) is 0.810. The highest BCUT2D eigenvalue weighted by Crippen LogP contribution is 2.20. The second-order valence-electron chi connectivity index (χ2n) is 5.38. The Bertz CT molecular complexity index is 702. The van der Waals surface area contributed by atoms with E-state index in [0.29, 0.717) is 36.5 Å². The van der Waals surface area contributed by atoms with E-state index in [0.717, 1.165) is 5.39 Å². The largest absolute Gasteiger partial charge is 0.377 e. The molecule has 0 saturated carbocycles. The monoisotopic (exact) mass is 288 g/mol. The van der Waals surface area contributed by atoms with Gasteiger partial charge < -0.3 is 9.64 Å². The van der Waals surface area contributed by atoms with Crippen molar-refractivity contribution in [2.75, 3.05) is 19.8 Å². The van der Waals surface area contributed by atoms with Gasteiger partial charge in [-0.15, -0.1) is 0 Å². The molecule has 0 unspecified atom stereocenters. The molecule has 21 heavy (non-hydrogen) atoms. The van der Waals surface area contributed by atoms with E-state index in [1.54, 1.807) is 19.1 Å². The molecule has 0 spiro atoms. The van der Waals surface area contributed by atoms with Gasteiger partial charge >= 0.3 is 0 Å². The van der Waals surface area contributed by atoms with Crippen molar-refractivity contribution in [2.24, 2.45) is 0 Å². The van der Waals surface area contributed by atoms with Crippen LogP contribution >= 0.6 is 0 Å². The number of carbonyl (C=O) groups excluding carboxylic acids is 1. The fraction of sp³-hybridized carbons (Fsp3) is 0.375. The third-order valence-corrected chi connectivity index (χ3v) is 3.83. The number of ether oxygens (including phenoxy) is 1. The third-order valence-electron chi connectivity index (χ3n) is 3.83. The van der Waals surface area contributed by atoms with Gasteiger partial charge in [0.1, 0.15) is 5.82 Å². The predicted octanol–water partition coefficient (Wildman–Crippen LogP) is 2.54. The van der Waals surface area contributed by atoms with Crippen molar-refractivity contribution in [1.29, 1.82) is 0 Å². The predicted molar refractivity (Wildman–Crippen MR) is 77.8 cm³/mol. The molecular weight excluding hydrogens is 271 g/mol. The number of amides is 1. The summed E-state index contributed by atoms with van der Waals surface area (Å²) in [4.78, 5) is 18.9. The number of hydrogen-bond donors (Lipinski definition) is 0. The lowest BCUT2D eigenvalue weighted by molar-refractivity contribution is 0.00354. The SMILES string of the molecule is Cc1nc2cc(F)ccc2cc1C(=O)N1CCOC[C@@H]1C. The maximum atomic E-state index is 13.2. The average Bonchev–Trinajstić information content (AvgIpc) is 2.46. The molecule has 110 valence electrons. The first kappa shape index (κ1) is 13.9. The maximum absolute atomic E-state index is 13.2. The lowest BCUT2D eigenvalue weighted by Gasteiger charge is -2.33. The summed E-state index contributed by atoms with van der Waals surface area (Å²) in [6.45, 7) is 5.44. The summed E-state index contributed by atoms with van der Waals surface area (Å²) in [6, 6.07) is 6.26. The van der Waals surface area contributed by atoms with Gasteiger partial charge in [-0.05, 0) is 32.0 Å². The minimum absolute atomic E-state index is 0.0398. The summed E-state index contributed by atoms with van der Waals surface area (Å²) in [7, 11) is 0. The van der Waals surface area contributed by atoms with Crippen molar-refractivity contribution < 1.29 is 13.9 Å². The molecule has 1 aliphatic rings. The summed E-state index contributed by atoms with van der Waals surface area (Å²) in [6.07, 6.45) is 0. The van der Waals surface area contributed by atoms with Crippen LogP contribution in [0.15, 0.2) is 24.3 Å². The number of morpholine rings is 1. The molecule has 0 radical (unpaired) electrons. The summed E-state index contributed by atoms with van der Waals surface area (Å²) in [5, 5.41) is 0.770. The number of pyridine rings is 1. The summed E-state index contributed by atoms with van der Waals surface area (Å²) >= 11 is 0. The van der Waals surface area contributed by atoms with E-state index in [4.69, 9.17) is 4.74 Å². The highest BCUT2D eigenvalue weighted by molar-refractivity contribution is 5.98. The van der Waals surface area contributed by atoms with E-state index in [-0.39, 0.29) is 17.8 Å². The van der Waals surface area contributed by atoms with Crippen LogP contribution in [0.2, 0.25) is 0 Å². The fourth-order valence-corrected chi connectivity index (χ4v) is 2.64. The topological polar surface area (TPSA) is 42.4 Å². The molecule has 2 heterocycles. The number of halogens is 1. The van der Waals surface area contributed by atoms with Gasteiger partial charge in [-0.25, -0.2) is 4.39 Å². The zero-order valence-electron chi connectivity index (χ0n) is 12.1. The number of nitrogens with zero attached hydrogens (tertiary/aromatic N) is 2. The molecular formula is C16H17FN2O2. The van der Waals surface area contributed by atoms with Gasteiger partial charge in [-0.3, -0.25) is 9.78 Å². The molecule has 1 fully saturated rings. The minimum atomic E-state index is -0.324. The first-order chi connectivity index (χ1) is 10.1. The molecule has 1 saturated heterocycles. The smallest absolute Gasteiger partial charge is 0.256 e. The van der Waals surface area contributed by atoms with Crippen LogP contribution in [0, 0.1) is 12.7 Å². The standard InChI is InChI=1S/C16H17FN2O2/c1-10-9-21-6-5-19(10)16(20)14-7-12-3-4-13(17)8-15(12)18-11(14)2/h3-4,7-8,10H,5-6,9H2,1-2H3/t10-/m0/s1. The second kappa shape index (κ2) is 5.41. The van der Waals surface area contributed by atoms with Gasteiger partial charge in [0.2, 0.25) is 0 Å². The highest BCUT2D eigenvalue weighted by Gasteiger charge is 2.26. The normalized spacial score (nSPS) is 19.0. The number of fused-ring (bicyclic) bond motifs is 1. The number of benzene rings is 1. The average molecular weight is 288 g/mol. The summed E-state index contributed by atoms with van der Waals surface area (Å²) in [5.74, 6) is -0.364. The Balaban J connectivity index is 2.01. The lowest BCUT2D eigenvalue weighted by Crippen LogP contribution is -2.47. The van der Waals surface area contributed by atoms with E-state index < -0.39 is 0 Å². The summed E-state index contributed by atoms with van der Waals surface area (Å²) in [5.41, 5.74) is 1.76. The van der Waals surface area contributed by atoms with Crippen molar-refractivity contribution in [3.05, 3.63) is 41.3 Å². The molecule has 1 aromatic heterocycles. The molecule has 4 nitrogen and oxygen atoms in total. The molecule has 3 rings (SSSR count). The van der Waals surface area contributed by atoms with Crippen LogP contribution < -0.4 is 0 Å². The Morgan fingerprint density at radius 2 is 2.24 bits per heavy atom. The Labute approximate surface area is 122 Å². The van der Waals surface area contributed by atoms with Gasteiger partial charge in [-0.2, -0.15) is 0 Å². The fourth-order valence-electron chi connectivity index (χ4n) is 2.64. The van der Waals surface area contributed by atoms with E-state index in [9.17, 15) is 9.18 Å². The number of aryl methyl sites for hydroxylation is 1. The third kappa shape index (κ3) is 2.61. The zero-order chi connectivity index (χ0) is 15.0. The van der Waals surface area contributed by atoms with Crippen molar-refractivity contribution in [2.45, 2.75) is 19.9 Å². The van der Waals surface area contributed by atoms with E-state index in [1.165, 1.54) is 12.1 Å². The Morgan fingerprint density at radius 3 is 3.00 bits per heavy atom. The molecule has 0 aliphatic carbocycles. The van der Waals surface area contributed by atoms with Crippen LogP contribution in [0.25, 0.3) is 10.9 Å². The Hall–Kier alpha value is -2.01. The maximum Gasteiger partial charge on any atom is 0.256 e. The molecule has 5 heteroatoms. The van der Waals surface area contributed by atoms with E-state index in [2.05, 4.69) is 4.98 Å². The van der Waals surface area contributed by atoms with Gasteiger partial charge in [0.25, 0.3) is 5.91 Å². The van der Waals surface area contributed by atoms with Crippen molar-refractivity contribution >= 4 is 16.8 Å². The molecule has 0 bridgehead atoms. The van der Waals surface area contributed by atoms with Crippen LogP contribution in [0.3, 0.4) is 0 Å². The Morgan fingerprint density at radius 1 is 1.43 bits per heavy atom. The molecule has 1 aromatic carbocycles. The van der Waals surface area contributed by atoms with Crippen LogP contribution in [0.5, 0.6) is 0 Å². The first-order valence-corrected chi connectivity index (χ1v) is 7.02. The van der Waals surface area contributed by atoms with E-state index >= 15 is 0 Å². The number of aromatic nitrogens is 1. The number of hydrogen-bond acceptors (Lipinski definition) is 3. The van der Waals surface area contributed by atoms with Crippen LogP contribution in [0.4, 0.5) is 4.39 Å². The highest BCUT2D eigenvalue weighted by atomic mass is 19.1. The molecule has 1 amide bonds. The minimum Gasteiger partial charge on any atom is -0.377 e. The number of rotatable bonds is 1. The van der Waals surface area contributed by atoms with Gasteiger partial charge in [0.05, 0.1) is 36.0 Å². The number of carbonyl (C=O) groups is 1.